The zero-order chi connectivity index (χ0) is 13.0. The first kappa shape index (κ1) is 13.7. The van der Waals surface area contributed by atoms with Gasteiger partial charge in [-0.3, -0.25) is 0 Å². The van der Waals surface area contributed by atoms with E-state index < -0.39 is 0 Å². The Bertz CT molecular complexity index is 527. The second-order valence-corrected chi connectivity index (χ2v) is 5.44. The number of para-hydroxylation sites is 1. The molecule has 0 N–H and O–H groups in total. The Labute approximate surface area is 116 Å². The van der Waals surface area contributed by atoms with Gasteiger partial charge in [0.15, 0.2) is 5.82 Å². The number of nitrogens with zero attached hydrogens (tertiary/aromatic N) is 2. The van der Waals surface area contributed by atoms with Crippen molar-refractivity contribution in [2.45, 2.75) is 19.4 Å². The zero-order valence-electron chi connectivity index (χ0n) is 10.3. The fourth-order valence-corrected chi connectivity index (χ4v) is 2.64. The molecule has 0 aliphatic rings. The van der Waals surface area contributed by atoms with Crippen molar-refractivity contribution in [1.29, 1.82) is 0 Å². The molecule has 0 spiro atoms. The second kappa shape index (κ2) is 6.43. The first-order valence-electron chi connectivity index (χ1n) is 5.96. The van der Waals surface area contributed by atoms with Gasteiger partial charge in [-0.1, -0.05) is 6.07 Å². The van der Waals surface area contributed by atoms with Gasteiger partial charge >= 0.3 is 0 Å². The molecule has 0 atom stereocenters. The normalized spacial score (nSPS) is 11.3. The second-order valence-electron chi connectivity index (χ2n) is 4.07. The Morgan fingerprint density at radius 1 is 1.44 bits per heavy atom. The fraction of sp³-hybridized carbons (Fsp3) is 0.462. The molecule has 0 unspecified atom stereocenters. The summed E-state index contributed by atoms with van der Waals surface area (Å²) in [6.45, 7) is 0.868. The number of thioether (sulfide) groups is 1. The molecule has 1 aromatic heterocycles. The summed E-state index contributed by atoms with van der Waals surface area (Å²) in [6.07, 6.45) is 3.82. The number of alkyl halides is 1. The van der Waals surface area contributed by atoms with Gasteiger partial charge < -0.3 is 4.57 Å². The predicted octanol–water partition coefficient (Wildman–Crippen LogP) is 3.71. The molecule has 0 radical (unpaired) electrons. The number of imidazole rings is 1. The van der Waals surface area contributed by atoms with Crippen LogP contribution in [0.5, 0.6) is 0 Å². The lowest BCUT2D eigenvalue weighted by molar-refractivity contribution is 0.637. The third kappa shape index (κ3) is 2.81. The van der Waals surface area contributed by atoms with Crippen molar-refractivity contribution in [2.75, 3.05) is 17.9 Å². The standard InChI is InChI=1S/C13H16ClFN2S/c1-18-9-3-8-17-11-5-2-4-10(15)13(11)16-12(17)6-7-14/h2,4-5H,3,6-9H2,1H3. The summed E-state index contributed by atoms with van der Waals surface area (Å²) in [5, 5.41) is 0. The molecule has 0 saturated carbocycles. The average Bonchev–Trinajstić information content (AvgIpc) is 2.70. The highest BCUT2D eigenvalue weighted by atomic mass is 35.5. The van der Waals surface area contributed by atoms with Crippen LogP contribution in [0.4, 0.5) is 4.39 Å². The van der Waals surface area contributed by atoms with E-state index in [-0.39, 0.29) is 5.82 Å². The van der Waals surface area contributed by atoms with Gasteiger partial charge in [-0.25, -0.2) is 9.37 Å². The van der Waals surface area contributed by atoms with Crippen molar-refractivity contribution >= 4 is 34.4 Å². The molecule has 2 rings (SSSR count). The van der Waals surface area contributed by atoms with Gasteiger partial charge in [0.1, 0.15) is 11.3 Å². The quantitative estimate of drug-likeness (QED) is 0.595. The Balaban J connectivity index is 2.39. The van der Waals surface area contributed by atoms with Crippen LogP contribution in [0, 0.1) is 5.82 Å². The molecule has 1 aromatic carbocycles. The van der Waals surface area contributed by atoms with E-state index in [0.29, 0.717) is 17.8 Å². The summed E-state index contributed by atoms with van der Waals surface area (Å²) in [5.74, 6) is 2.22. The van der Waals surface area contributed by atoms with E-state index in [1.807, 2.05) is 17.8 Å². The number of hydrogen-bond acceptors (Lipinski definition) is 2. The minimum Gasteiger partial charge on any atom is -0.328 e. The van der Waals surface area contributed by atoms with Crippen LogP contribution in [0.25, 0.3) is 11.0 Å². The smallest absolute Gasteiger partial charge is 0.151 e. The number of benzene rings is 1. The van der Waals surface area contributed by atoms with Crippen LogP contribution in [0.2, 0.25) is 0 Å². The van der Waals surface area contributed by atoms with Crippen LogP contribution in [0.3, 0.4) is 0 Å². The Kier molecular flexibility index (Phi) is 4.89. The molecule has 2 aromatic rings. The van der Waals surface area contributed by atoms with Crippen molar-refractivity contribution in [3.8, 4) is 0 Å². The zero-order valence-corrected chi connectivity index (χ0v) is 11.9. The highest BCUT2D eigenvalue weighted by Crippen LogP contribution is 2.20. The SMILES string of the molecule is CSCCCn1c(CCCl)nc2c(F)cccc21. The van der Waals surface area contributed by atoms with E-state index in [9.17, 15) is 4.39 Å². The average molecular weight is 287 g/mol. The number of aryl methyl sites for hydroxylation is 2. The Morgan fingerprint density at radius 3 is 3.00 bits per heavy atom. The number of fused-ring (bicyclic) bond motifs is 1. The van der Waals surface area contributed by atoms with Crippen LogP contribution in [0.1, 0.15) is 12.2 Å². The highest BCUT2D eigenvalue weighted by molar-refractivity contribution is 7.98. The molecular weight excluding hydrogens is 271 g/mol. The summed E-state index contributed by atoms with van der Waals surface area (Å²) in [6, 6.07) is 5.10. The number of halogens is 2. The molecule has 0 aliphatic heterocycles. The highest BCUT2D eigenvalue weighted by Gasteiger charge is 2.12. The van der Waals surface area contributed by atoms with Crippen molar-refractivity contribution < 1.29 is 4.39 Å². The fourth-order valence-electron chi connectivity index (χ4n) is 2.05. The summed E-state index contributed by atoms with van der Waals surface area (Å²) in [4.78, 5) is 4.38. The molecule has 2 nitrogen and oxygen atoms in total. The van der Waals surface area contributed by atoms with Crippen molar-refractivity contribution in [2.24, 2.45) is 0 Å². The van der Waals surface area contributed by atoms with Crippen molar-refractivity contribution in [3.05, 3.63) is 29.8 Å². The third-order valence-corrected chi connectivity index (χ3v) is 3.74. The molecule has 98 valence electrons. The lowest BCUT2D eigenvalue weighted by atomic mass is 10.3. The van der Waals surface area contributed by atoms with Crippen molar-refractivity contribution in [3.63, 3.8) is 0 Å². The Morgan fingerprint density at radius 2 is 2.28 bits per heavy atom. The summed E-state index contributed by atoms with van der Waals surface area (Å²) < 4.78 is 15.8. The van der Waals surface area contributed by atoms with Crippen LogP contribution >= 0.6 is 23.4 Å². The maximum Gasteiger partial charge on any atom is 0.151 e. The molecule has 5 heteroatoms. The lowest BCUT2D eigenvalue weighted by Gasteiger charge is -2.07. The largest absolute Gasteiger partial charge is 0.328 e. The van der Waals surface area contributed by atoms with Gasteiger partial charge in [-0.2, -0.15) is 11.8 Å². The van der Waals surface area contributed by atoms with Gasteiger partial charge in [0.05, 0.1) is 5.52 Å². The van der Waals surface area contributed by atoms with E-state index in [0.717, 1.165) is 30.1 Å². The predicted molar refractivity (Wildman–Crippen MR) is 77.1 cm³/mol. The summed E-state index contributed by atoms with van der Waals surface area (Å²) in [5.41, 5.74) is 1.33. The number of rotatable bonds is 6. The van der Waals surface area contributed by atoms with E-state index in [1.165, 1.54) is 6.07 Å². The maximum absolute atomic E-state index is 13.7. The minimum absolute atomic E-state index is 0.257. The van der Waals surface area contributed by atoms with Crippen LogP contribution < -0.4 is 0 Å². The summed E-state index contributed by atoms with van der Waals surface area (Å²) in [7, 11) is 0. The van der Waals surface area contributed by atoms with Gasteiger partial charge in [-0.15, -0.1) is 11.6 Å². The van der Waals surface area contributed by atoms with Crippen LogP contribution in [0.15, 0.2) is 18.2 Å². The summed E-state index contributed by atoms with van der Waals surface area (Å²) >= 11 is 7.60. The molecule has 1 heterocycles. The van der Waals surface area contributed by atoms with E-state index in [2.05, 4.69) is 15.8 Å². The first-order valence-corrected chi connectivity index (χ1v) is 7.89. The van der Waals surface area contributed by atoms with Gasteiger partial charge in [-0.05, 0) is 30.6 Å². The monoisotopic (exact) mass is 286 g/mol. The molecule has 0 saturated heterocycles. The molecule has 0 bridgehead atoms. The molecule has 0 amide bonds. The van der Waals surface area contributed by atoms with Gasteiger partial charge in [0, 0.05) is 18.8 Å². The van der Waals surface area contributed by atoms with Crippen LogP contribution in [-0.4, -0.2) is 27.4 Å². The minimum atomic E-state index is -0.257. The van der Waals surface area contributed by atoms with Gasteiger partial charge in [0.2, 0.25) is 0 Å². The number of aromatic nitrogens is 2. The van der Waals surface area contributed by atoms with Gasteiger partial charge in [0.25, 0.3) is 0 Å². The lowest BCUT2D eigenvalue weighted by Crippen LogP contribution is -2.05. The molecule has 18 heavy (non-hydrogen) atoms. The molecule has 0 aliphatic carbocycles. The van der Waals surface area contributed by atoms with E-state index in [1.54, 1.807) is 6.07 Å². The van der Waals surface area contributed by atoms with E-state index >= 15 is 0 Å². The topological polar surface area (TPSA) is 17.8 Å². The van der Waals surface area contributed by atoms with E-state index in [4.69, 9.17) is 11.6 Å². The molecular formula is C13H16ClFN2S. The Hall–Kier alpha value is -0.740. The third-order valence-electron chi connectivity index (χ3n) is 2.86. The van der Waals surface area contributed by atoms with Crippen molar-refractivity contribution in [1.82, 2.24) is 9.55 Å². The first-order chi connectivity index (χ1) is 8.77. The molecule has 0 fully saturated rings. The number of hydrogen-bond donors (Lipinski definition) is 0. The van der Waals surface area contributed by atoms with Crippen LogP contribution in [-0.2, 0) is 13.0 Å². The maximum atomic E-state index is 13.7.